The molecule has 0 aromatic heterocycles. The van der Waals surface area contributed by atoms with Gasteiger partial charge in [0.1, 0.15) is 17.1 Å². The number of hydrogen-bond donors (Lipinski definition) is 0. The number of fused-ring (bicyclic) bond motifs is 1. The molecule has 0 radical (unpaired) electrons. The normalized spacial score (nSPS) is 19.6. The Bertz CT molecular complexity index is 750. The lowest BCUT2D eigenvalue weighted by Gasteiger charge is -2.38. The van der Waals surface area contributed by atoms with Crippen LogP contribution in [0.4, 0.5) is 0 Å². The van der Waals surface area contributed by atoms with Crippen LogP contribution in [0.1, 0.15) is 134 Å². The van der Waals surface area contributed by atoms with Gasteiger partial charge in [-0.05, 0) is 94.2 Å². The van der Waals surface area contributed by atoms with Crippen molar-refractivity contribution in [3.05, 3.63) is 22.3 Å². The molecule has 1 aliphatic heterocycles. The third kappa shape index (κ3) is 8.49. The first kappa shape index (κ1) is 29.1. The fraction of sp³-hybridized carbons (Fsp3) is 0.812. The average Bonchev–Trinajstić information content (AvgIpc) is 2.77. The number of ether oxygens (including phenoxy) is 2. The molecule has 1 heterocycles. The van der Waals surface area contributed by atoms with E-state index in [1.807, 2.05) is 0 Å². The Morgan fingerprint density at radius 2 is 1.41 bits per heavy atom. The van der Waals surface area contributed by atoms with Gasteiger partial charge in [-0.15, -0.1) is 0 Å². The SMILES string of the molecule is CCCOc1c(C)c(C)c2c(c1C)CC[C@@](C)(CCC[C@H](C)CCC[C@H](C)CCCC(C)C)O2. The van der Waals surface area contributed by atoms with Gasteiger partial charge in [0.05, 0.1) is 6.61 Å². The first-order valence-electron chi connectivity index (χ1n) is 14.5. The van der Waals surface area contributed by atoms with Crippen LogP contribution in [0.3, 0.4) is 0 Å². The molecule has 0 N–H and O–H groups in total. The summed E-state index contributed by atoms with van der Waals surface area (Å²) in [5.74, 6) is 4.81. The first-order valence-corrected chi connectivity index (χ1v) is 14.5. The summed E-state index contributed by atoms with van der Waals surface area (Å²) in [7, 11) is 0. The summed E-state index contributed by atoms with van der Waals surface area (Å²) >= 11 is 0. The van der Waals surface area contributed by atoms with Crippen molar-refractivity contribution < 1.29 is 9.47 Å². The smallest absolute Gasteiger partial charge is 0.127 e. The van der Waals surface area contributed by atoms with Crippen LogP contribution in [0.25, 0.3) is 0 Å². The highest BCUT2D eigenvalue weighted by Crippen LogP contribution is 2.45. The molecule has 196 valence electrons. The molecule has 1 aliphatic rings. The summed E-state index contributed by atoms with van der Waals surface area (Å²) in [6.45, 7) is 21.5. The van der Waals surface area contributed by atoms with Crippen molar-refractivity contribution in [2.24, 2.45) is 17.8 Å². The van der Waals surface area contributed by atoms with Crippen molar-refractivity contribution in [2.45, 2.75) is 145 Å². The molecule has 0 unspecified atom stereocenters. The molecule has 0 spiro atoms. The first-order chi connectivity index (χ1) is 16.1. The molecule has 0 fully saturated rings. The van der Waals surface area contributed by atoms with E-state index in [2.05, 4.69) is 62.3 Å². The van der Waals surface area contributed by atoms with Crippen molar-refractivity contribution in [1.29, 1.82) is 0 Å². The van der Waals surface area contributed by atoms with Gasteiger partial charge < -0.3 is 9.47 Å². The fourth-order valence-electron chi connectivity index (χ4n) is 5.68. The van der Waals surface area contributed by atoms with Crippen LogP contribution >= 0.6 is 0 Å². The topological polar surface area (TPSA) is 18.5 Å². The van der Waals surface area contributed by atoms with Crippen molar-refractivity contribution in [3.8, 4) is 11.5 Å². The van der Waals surface area contributed by atoms with Crippen LogP contribution in [0, 0.1) is 38.5 Å². The van der Waals surface area contributed by atoms with Gasteiger partial charge in [-0.2, -0.15) is 0 Å². The quantitative estimate of drug-likeness (QED) is 0.253. The summed E-state index contributed by atoms with van der Waals surface area (Å²) in [5.41, 5.74) is 5.16. The molecule has 2 heteroatoms. The average molecular weight is 473 g/mol. The van der Waals surface area contributed by atoms with E-state index in [1.54, 1.807) is 0 Å². The monoisotopic (exact) mass is 472 g/mol. The summed E-state index contributed by atoms with van der Waals surface area (Å²) in [6, 6.07) is 0. The van der Waals surface area contributed by atoms with E-state index in [0.29, 0.717) is 0 Å². The minimum atomic E-state index is -0.0346. The summed E-state index contributed by atoms with van der Waals surface area (Å²) < 4.78 is 12.9. The lowest BCUT2D eigenvalue weighted by atomic mass is 9.83. The van der Waals surface area contributed by atoms with Gasteiger partial charge in [-0.1, -0.05) is 79.6 Å². The second-order valence-corrected chi connectivity index (χ2v) is 12.3. The maximum atomic E-state index is 6.76. The number of benzene rings is 1. The molecule has 2 rings (SSSR count). The Balaban J connectivity index is 1.80. The minimum absolute atomic E-state index is 0.0346. The van der Waals surface area contributed by atoms with Crippen molar-refractivity contribution in [3.63, 3.8) is 0 Å². The minimum Gasteiger partial charge on any atom is -0.493 e. The predicted molar refractivity (Wildman–Crippen MR) is 149 cm³/mol. The number of rotatable bonds is 15. The molecule has 0 bridgehead atoms. The van der Waals surface area contributed by atoms with E-state index in [4.69, 9.17) is 9.47 Å². The molecule has 2 nitrogen and oxygen atoms in total. The highest BCUT2D eigenvalue weighted by Gasteiger charge is 2.34. The van der Waals surface area contributed by atoms with Gasteiger partial charge >= 0.3 is 0 Å². The van der Waals surface area contributed by atoms with Crippen molar-refractivity contribution >= 4 is 0 Å². The van der Waals surface area contributed by atoms with Crippen LogP contribution in [0.5, 0.6) is 11.5 Å². The maximum absolute atomic E-state index is 6.76. The summed E-state index contributed by atoms with van der Waals surface area (Å²) in [6.07, 6.45) is 15.4. The molecule has 1 aromatic carbocycles. The molecular weight excluding hydrogens is 416 g/mol. The fourth-order valence-corrected chi connectivity index (χ4v) is 5.68. The molecule has 0 saturated heterocycles. The van der Waals surface area contributed by atoms with Crippen molar-refractivity contribution in [2.75, 3.05) is 6.61 Å². The van der Waals surface area contributed by atoms with Crippen LogP contribution in [0.2, 0.25) is 0 Å². The van der Waals surface area contributed by atoms with Gasteiger partial charge in [0, 0.05) is 5.56 Å². The van der Waals surface area contributed by atoms with Gasteiger partial charge in [0.2, 0.25) is 0 Å². The van der Waals surface area contributed by atoms with Crippen LogP contribution in [-0.4, -0.2) is 12.2 Å². The van der Waals surface area contributed by atoms with E-state index in [1.165, 1.54) is 73.6 Å². The predicted octanol–water partition coefficient (Wildman–Crippen LogP) is 9.92. The van der Waals surface area contributed by atoms with E-state index in [9.17, 15) is 0 Å². The van der Waals surface area contributed by atoms with Gasteiger partial charge in [0.15, 0.2) is 0 Å². The van der Waals surface area contributed by atoms with E-state index in [0.717, 1.165) is 61.5 Å². The largest absolute Gasteiger partial charge is 0.493 e. The Kier molecular flexibility index (Phi) is 11.8. The van der Waals surface area contributed by atoms with Crippen molar-refractivity contribution in [1.82, 2.24) is 0 Å². The molecule has 0 amide bonds. The second kappa shape index (κ2) is 13.8. The lowest BCUT2D eigenvalue weighted by Crippen LogP contribution is -2.37. The third-order valence-electron chi connectivity index (χ3n) is 8.29. The number of hydrogen-bond acceptors (Lipinski definition) is 2. The Morgan fingerprint density at radius 3 is 2.00 bits per heavy atom. The van der Waals surface area contributed by atoms with E-state index >= 15 is 0 Å². The van der Waals surface area contributed by atoms with Gasteiger partial charge in [-0.3, -0.25) is 0 Å². The lowest BCUT2D eigenvalue weighted by molar-refractivity contribution is 0.0511. The standard InChI is InChI=1S/C32H56O2/c1-10-22-33-30-26(6)27(7)31-29(28(30)8)19-21-32(9,34-31)20-13-18-25(5)17-12-16-24(4)15-11-14-23(2)3/h23-25H,10-22H2,1-9H3/t24-,25-,32-/m1/s1. The molecule has 1 aromatic rings. The van der Waals surface area contributed by atoms with E-state index in [-0.39, 0.29) is 5.60 Å². The molecule has 0 aliphatic carbocycles. The Hall–Kier alpha value is -1.18. The summed E-state index contributed by atoms with van der Waals surface area (Å²) in [5, 5.41) is 0. The highest BCUT2D eigenvalue weighted by atomic mass is 16.5. The zero-order valence-corrected chi connectivity index (χ0v) is 24.2. The maximum Gasteiger partial charge on any atom is 0.127 e. The molecule has 0 saturated carbocycles. The molecule has 3 atom stereocenters. The third-order valence-corrected chi connectivity index (χ3v) is 8.29. The Morgan fingerprint density at radius 1 is 0.824 bits per heavy atom. The van der Waals surface area contributed by atoms with Crippen LogP contribution < -0.4 is 9.47 Å². The summed E-state index contributed by atoms with van der Waals surface area (Å²) in [4.78, 5) is 0. The highest BCUT2D eigenvalue weighted by molar-refractivity contribution is 5.59. The second-order valence-electron chi connectivity index (χ2n) is 12.3. The van der Waals surface area contributed by atoms with Crippen LogP contribution in [0.15, 0.2) is 0 Å². The zero-order valence-electron chi connectivity index (χ0n) is 24.2. The van der Waals surface area contributed by atoms with Gasteiger partial charge in [-0.25, -0.2) is 0 Å². The zero-order chi connectivity index (χ0) is 25.3. The molecule has 34 heavy (non-hydrogen) atoms. The Labute approximate surface area is 212 Å². The van der Waals surface area contributed by atoms with Crippen LogP contribution in [-0.2, 0) is 6.42 Å². The van der Waals surface area contributed by atoms with Gasteiger partial charge in [0.25, 0.3) is 0 Å². The molecular formula is C32H56O2. The van der Waals surface area contributed by atoms with E-state index < -0.39 is 0 Å².